The van der Waals surface area contributed by atoms with E-state index in [1.54, 1.807) is 18.2 Å². The highest BCUT2D eigenvalue weighted by atomic mass is 35.5. The van der Waals surface area contributed by atoms with Gasteiger partial charge in [-0.25, -0.2) is 0 Å². The van der Waals surface area contributed by atoms with Crippen LogP contribution in [0.2, 0.25) is 10.0 Å². The van der Waals surface area contributed by atoms with Crippen molar-refractivity contribution in [2.45, 2.75) is 25.2 Å². The summed E-state index contributed by atoms with van der Waals surface area (Å²) in [4.78, 5) is 29.6. The van der Waals surface area contributed by atoms with Gasteiger partial charge in [0.1, 0.15) is 0 Å². The lowest BCUT2D eigenvalue weighted by molar-refractivity contribution is -0.132. The van der Waals surface area contributed by atoms with Crippen molar-refractivity contribution >= 4 is 58.2 Å². The molecule has 0 saturated carbocycles. The van der Waals surface area contributed by atoms with E-state index in [4.69, 9.17) is 23.2 Å². The molecule has 2 aromatic carbocycles. The van der Waals surface area contributed by atoms with Gasteiger partial charge in [0.05, 0.1) is 16.5 Å². The van der Waals surface area contributed by atoms with Crippen molar-refractivity contribution in [2.24, 2.45) is 5.92 Å². The van der Waals surface area contributed by atoms with E-state index in [0.717, 1.165) is 23.7 Å². The molecule has 1 saturated heterocycles. The number of anilines is 2. The topological polar surface area (TPSA) is 52.7 Å². The number of piperazine rings is 1. The number of rotatable bonds is 7. The summed E-state index contributed by atoms with van der Waals surface area (Å²) in [6, 6.07) is 13.0. The van der Waals surface area contributed by atoms with Crippen molar-refractivity contribution in [3.63, 3.8) is 0 Å². The normalized spacial score (nSPS) is 14.1. The van der Waals surface area contributed by atoms with Crippen molar-refractivity contribution in [2.75, 3.05) is 42.1 Å². The summed E-state index contributed by atoms with van der Waals surface area (Å²) in [6.07, 6.45) is 0.589. The summed E-state index contributed by atoms with van der Waals surface area (Å²) in [5.74, 6) is 0.788. The minimum Gasteiger partial charge on any atom is -0.367 e. The van der Waals surface area contributed by atoms with Crippen molar-refractivity contribution in [3.05, 3.63) is 52.5 Å². The molecule has 0 atom stereocenters. The zero-order valence-electron chi connectivity index (χ0n) is 17.7. The summed E-state index contributed by atoms with van der Waals surface area (Å²) in [5.41, 5.74) is 1.59. The molecule has 0 bridgehead atoms. The molecule has 31 heavy (non-hydrogen) atoms. The number of hydrogen-bond donors (Lipinski definition) is 1. The number of benzene rings is 2. The van der Waals surface area contributed by atoms with Gasteiger partial charge in [0.25, 0.3) is 0 Å². The Morgan fingerprint density at radius 1 is 1.03 bits per heavy atom. The molecule has 1 N–H and O–H groups in total. The van der Waals surface area contributed by atoms with E-state index in [-0.39, 0.29) is 11.8 Å². The average Bonchev–Trinajstić information content (AvgIpc) is 2.73. The summed E-state index contributed by atoms with van der Waals surface area (Å²) in [5, 5.41) is 4.15. The van der Waals surface area contributed by atoms with Crippen LogP contribution in [0.4, 0.5) is 11.4 Å². The van der Waals surface area contributed by atoms with Crippen molar-refractivity contribution in [1.29, 1.82) is 0 Å². The molecule has 5 nitrogen and oxygen atoms in total. The zero-order valence-corrected chi connectivity index (χ0v) is 20.1. The van der Waals surface area contributed by atoms with Crippen LogP contribution in [-0.4, -0.2) is 48.6 Å². The van der Waals surface area contributed by atoms with Crippen molar-refractivity contribution in [3.8, 4) is 0 Å². The van der Waals surface area contributed by atoms with Gasteiger partial charge in [0.15, 0.2) is 0 Å². The largest absolute Gasteiger partial charge is 0.367 e. The minimum atomic E-state index is -0.0963. The van der Waals surface area contributed by atoms with Crippen LogP contribution in [0.25, 0.3) is 0 Å². The van der Waals surface area contributed by atoms with E-state index in [0.29, 0.717) is 46.9 Å². The van der Waals surface area contributed by atoms with Gasteiger partial charge in [-0.1, -0.05) is 37.0 Å². The first-order valence-corrected chi connectivity index (χ1v) is 12.1. The number of nitrogens with zero attached hydrogens (tertiary/aromatic N) is 2. The highest BCUT2D eigenvalue weighted by Gasteiger charge is 2.23. The quantitative estimate of drug-likeness (QED) is 0.538. The summed E-state index contributed by atoms with van der Waals surface area (Å²) in [6.45, 7) is 7.00. The third kappa shape index (κ3) is 7.06. The number of nitrogens with one attached hydrogen (secondary N) is 1. The molecule has 1 fully saturated rings. The molecule has 0 radical (unpaired) electrons. The van der Waals surface area contributed by atoms with Crippen LogP contribution in [0.5, 0.6) is 0 Å². The summed E-state index contributed by atoms with van der Waals surface area (Å²) >= 11 is 13.8. The predicted octanol–water partition coefficient (Wildman–Crippen LogP) is 5.42. The molecule has 8 heteroatoms. The lowest BCUT2D eigenvalue weighted by atomic mass is 10.1. The number of carbonyl (C=O) groups is 2. The molecule has 1 aliphatic heterocycles. The molecule has 2 aromatic rings. The van der Waals surface area contributed by atoms with Gasteiger partial charge in [-0.3, -0.25) is 9.59 Å². The van der Waals surface area contributed by atoms with Crippen LogP contribution in [0.15, 0.2) is 47.4 Å². The van der Waals surface area contributed by atoms with Gasteiger partial charge < -0.3 is 15.1 Å². The Labute approximate surface area is 198 Å². The van der Waals surface area contributed by atoms with Gasteiger partial charge >= 0.3 is 0 Å². The van der Waals surface area contributed by atoms with Crippen LogP contribution >= 0.6 is 35.0 Å². The maximum Gasteiger partial charge on any atom is 0.234 e. The molecule has 1 aliphatic rings. The lowest BCUT2D eigenvalue weighted by Gasteiger charge is -2.36. The fourth-order valence-electron chi connectivity index (χ4n) is 3.39. The molecule has 1 heterocycles. The highest BCUT2D eigenvalue weighted by Crippen LogP contribution is 2.30. The minimum absolute atomic E-state index is 0.0963. The Balaban J connectivity index is 1.51. The highest BCUT2D eigenvalue weighted by molar-refractivity contribution is 8.00. The van der Waals surface area contributed by atoms with E-state index < -0.39 is 0 Å². The number of thioether (sulfide) groups is 1. The Morgan fingerprint density at radius 2 is 1.71 bits per heavy atom. The van der Waals surface area contributed by atoms with Gasteiger partial charge in [0.2, 0.25) is 11.8 Å². The van der Waals surface area contributed by atoms with Gasteiger partial charge in [-0.05, 0) is 48.4 Å². The summed E-state index contributed by atoms with van der Waals surface area (Å²) in [7, 11) is 0. The molecule has 0 aliphatic carbocycles. The van der Waals surface area contributed by atoms with Crippen LogP contribution in [0.3, 0.4) is 0 Å². The van der Waals surface area contributed by atoms with E-state index in [9.17, 15) is 9.59 Å². The molecule has 0 aromatic heterocycles. The Morgan fingerprint density at radius 3 is 2.32 bits per heavy atom. The second-order valence-electron chi connectivity index (χ2n) is 7.92. The number of hydrogen-bond acceptors (Lipinski definition) is 4. The van der Waals surface area contributed by atoms with Gasteiger partial charge in [-0.15, -0.1) is 11.8 Å². The number of carbonyl (C=O) groups excluding carboxylic acids is 2. The van der Waals surface area contributed by atoms with Gasteiger partial charge in [0, 0.05) is 48.2 Å². The van der Waals surface area contributed by atoms with Crippen molar-refractivity contribution < 1.29 is 9.59 Å². The van der Waals surface area contributed by atoms with Crippen LogP contribution in [-0.2, 0) is 9.59 Å². The Kier molecular flexibility index (Phi) is 8.52. The average molecular weight is 480 g/mol. The number of amides is 2. The summed E-state index contributed by atoms with van der Waals surface area (Å²) < 4.78 is 0. The fourth-order valence-corrected chi connectivity index (χ4v) is 4.52. The molecule has 2 amide bonds. The van der Waals surface area contributed by atoms with E-state index in [1.165, 1.54) is 11.8 Å². The fraction of sp³-hybridized carbons (Fsp3) is 0.391. The first kappa shape index (κ1) is 23.8. The standard InChI is InChI=1S/C23H27Cl2N3O2S/c1-16(2)13-23(30)28-11-9-27(10-12-28)21-8-5-18(14-20(21)25)26-22(29)15-31-19-6-3-17(24)4-7-19/h3-8,14,16H,9-13,15H2,1-2H3,(H,26,29). The van der Waals surface area contributed by atoms with Crippen LogP contribution < -0.4 is 10.2 Å². The van der Waals surface area contributed by atoms with Crippen molar-refractivity contribution in [1.82, 2.24) is 4.90 Å². The van der Waals surface area contributed by atoms with E-state index >= 15 is 0 Å². The molecule has 0 unspecified atom stereocenters. The first-order valence-electron chi connectivity index (χ1n) is 10.3. The SMILES string of the molecule is CC(C)CC(=O)N1CCN(c2ccc(NC(=O)CSc3ccc(Cl)cc3)cc2Cl)CC1. The molecule has 3 rings (SSSR count). The Bertz CT molecular complexity index is 914. The smallest absolute Gasteiger partial charge is 0.234 e. The molecule has 166 valence electrons. The second-order valence-corrected chi connectivity index (χ2v) is 9.82. The van der Waals surface area contributed by atoms with Gasteiger partial charge in [-0.2, -0.15) is 0 Å². The predicted molar refractivity (Wildman–Crippen MR) is 131 cm³/mol. The number of halogens is 2. The maximum absolute atomic E-state index is 12.3. The van der Waals surface area contributed by atoms with E-state index in [1.807, 2.05) is 29.2 Å². The van der Waals surface area contributed by atoms with Crippen LogP contribution in [0, 0.1) is 5.92 Å². The zero-order chi connectivity index (χ0) is 22.4. The van der Waals surface area contributed by atoms with Crippen LogP contribution in [0.1, 0.15) is 20.3 Å². The lowest BCUT2D eigenvalue weighted by Crippen LogP contribution is -2.49. The molecule has 0 spiro atoms. The monoisotopic (exact) mass is 479 g/mol. The second kappa shape index (κ2) is 11.1. The first-order chi connectivity index (χ1) is 14.8. The maximum atomic E-state index is 12.3. The third-order valence-corrected chi connectivity index (χ3v) is 6.54. The molecular weight excluding hydrogens is 453 g/mol. The third-order valence-electron chi connectivity index (χ3n) is 4.97. The molecular formula is C23H27Cl2N3O2S. The van der Waals surface area contributed by atoms with E-state index in [2.05, 4.69) is 24.1 Å². The Hall–Kier alpha value is -1.89.